The molecule has 0 heterocycles. The molecule has 1 unspecified atom stereocenters. The van der Waals surface area contributed by atoms with Crippen molar-refractivity contribution in [2.24, 2.45) is 0 Å². The molecule has 0 saturated heterocycles. The van der Waals surface area contributed by atoms with E-state index in [0.29, 0.717) is 25.5 Å². The van der Waals surface area contributed by atoms with Crippen molar-refractivity contribution < 1.29 is 19.4 Å². The molecule has 1 atom stereocenters. The number of carbonyl (C=O) groups excluding carboxylic acids is 1. The first-order valence-electron chi connectivity index (χ1n) is 13.0. The van der Waals surface area contributed by atoms with E-state index in [-0.39, 0.29) is 18.0 Å². The Morgan fingerprint density at radius 2 is 1.42 bits per heavy atom. The van der Waals surface area contributed by atoms with Crippen LogP contribution in [0.3, 0.4) is 0 Å². The predicted octanol–water partition coefficient (Wildman–Crippen LogP) is 6.03. The normalized spacial score (nSPS) is 11.8. The summed E-state index contributed by atoms with van der Waals surface area (Å²) >= 11 is 0. The molecule has 0 fully saturated rings. The highest BCUT2D eigenvalue weighted by Crippen LogP contribution is 2.15. The Balaban J connectivity index is 1.92. The molecule has 1 rings (SSSR count). The average Bonchev–Trinajstić information content (AvgIpc) is 2.82. The summed E-state index contributed by atoms with van der Waals surface area (Å²) in [6.07, 6.45) is 16.5. The second kappa shape index (κ2) is 20.6. The smallest absolute Gasteiger partial charge is 0.329 e. The summed E-state index contributed by atoms with van der Waals surface area (Å²) in [6, 6.07) is 6.15. The summed E-state index contributed by atoms with van der Waals surface area (Å²) in [7, 11) is 0. The first-order valence-corrected chi connectivity index (χ1v) is 13.0. The van der Waals surface area contributed by atoms with Crippen LogP contribution in [-0.4, -0.2) is 37.1 Å². The molecular formula is C26H47N3O4. The lowest BCUT2D eigenvalue weighted by Gasteiger charge is -2.18. The lowest BCUT2D eigenvalue weighted by Crippen LogP contribution is -2.50. The lowest BCUT2D eigenvalue weighted by molar-refractivity contribution is 0.0177. The maximum Gasteiger partial charge on any atom is 0.329 e. The summed E-state index contributed by atoms with van der Waals surface area (Å²) in [5.74, 6) is 0.836. The van der Waals surface area contributed by atoms with Crippen LogP contribution in [-0.2, 0) is 4.74 Å². The Morgan fingerprint density at radius 3 is 2.00 bits per heavy atom. The number of ether oxygens (including phenoxy) is 2. The van der Waals surface area contributed by atoms with E-state index < -0.39 is 0 Å². The number of phenols is 1. The molecule has 0 aliphatic carbocycles. The van der Waals surface area contributed by atoms with E-state index in [4.69, 9.17) is 9.47 Å². The van der Waals surface area contributed by atoms with Crippen LogP contribution in [0.25, 0.3) is 0 Å². The molecule has 0 saturated carbocycles. The van der Waals surface area contributed by atoms with Gasteiger partial charge in [-0.1, -0.05) is 84.5 Å². The Labute approximate surface area is 201 Å². The number of hydrogen-bond acceptors (Lipinski definition) is 5. The van der Waals surface area contributed by atoms with Gasteiger partial charge >= 0.3 is 6.03 Å². The maximum absolute atomic E-state index is 11.9. The molecule has 0 radical (unpaired) electrons. The molecule has 190 valence electrons. The van der Waals surface area contributed by atoms with E-state index >= 15 is 0 Å². The van der Waals surface area contributed by atoms with Gasteiger partial charge in [0.25, 0.3) is 0 Å². The third kappa shape index (κ3) is 17.2. The number of phenolic OH excluding ortho intramolecular Hbond substituents is 1. The number of carbonyl (C=O) groups is 1. The molecular weight excluding hydrogens is 418 g/mol. The van der Waals surface area contributed by atoms with Crippen LogP contribution < -0.4 is 20.9 Å². The number of amides is 2. The van der Waals surface area contributed by atoms with Crippen molar-refractivity contribution >= 4 is 6.03 Å². The van der Waals surface area contributed by atoms with Crippen LogP contribution in [0.4, 0.5) is 4.79 Å². The fourth-order valence-corrected chi connectivity index (χ4v) is 3.50. The van der Waals surface area contributed by atoms with Gasteiger partial charge in [-0.3, -0.25) is 5.43 Å². The van der Waals surface area contributed by atoms with Crippen LogP contribution in [0.2, 0.25) is 0 Å². The zero-order chi connectivity index (χ0) is 24.0. The van der Waals surface area contributed by atoms with E-state index in [2.05, 4.69) is 23.1 Å². The van der Waals surface area contributed by atoms with Gasteiger partial charge in [0.2, 0.25) is 0 Å². The molecule has 1 aromatic carbocycles. The van der Waals surface area contributed by atoms with Gasteiger partial charge < -0.3 is 19.9 Å². The van der Waals surface area contributed by atoms with Crippen LogP contribution in [0, 0.1) is 0 Å². The third-order valence-electron chi connectivity index (χ3n) is 5.53. The van der Waals surface area contributed by atoms with Crippen LogP contribution in [0.1, 0.15) is 97.3 Å². The highest BCUT2D eigenvalue weighted by atomic mass is 16.5. The highest BCUT2D eigenvalue weighted by Gasteiger charge is 2.07. The van der Waals surface area contributed by atoms with E-state index in [1.807, 2.05) is 6.92 Å². The van der Waals surface area contributed by atoms with Crippen molar-refractivity contribution in [1.29, 1.82) is 0 Å². The van der Waals surface area contributed by atoms with Crippen molar-refractivity contribution in [3.05, 3.63) is 24.3 Å². The van der Waals surface area contributed by atoms with Crippen LogP contribution in [0.15, 0.2) is 24.3 Å². The van der Waals surface area contributed by atoms with Gasteiger partial charge in [0.05, 0.1) is 6.54 Å². The number of unbranched alkanes of at least 4 members (excludes halogenated alkanes) is 11. The summed E-state index contributed by atoms with van der Waals surface area (Å²) < 4.78 is 11.3. The average molecular weight is 466 g/mol. The van der Waals surface area contributed by atoms with E-state index in [0.717, 1.165) is 12.8 Å². The topological polar surface area (TPSA) is 91.9 Å². The minimum atomic E-state index is -0.322. The Kier molecular flexibility index (Phi) is 18.1. The molecule has 0 spiro atoms. The number of rotatable bonds is 21. The molecule has 7 nitrogen and oxygen atoms in total. The highest BCUT2D eigenvalue weighted by molar-refractivity contribution is 5.73. The number of aromatic hydroxyl groups is 1. The monoisotopic (exact) mass is 465 g/mol. The SMILES string of the molecule is CCCCCCCCCCCCCCOC(CC)NNC(=O)NCCOc1ccc(O)cc1. The third-order valence-corrected chi connectivity index (χ3v) is 5.53. The summed E-state index contributed by atoms with van der Waals surface area (Å²) in [6.45, 7) is 5.69. The van der Waals surface area contributed by atoms with E-state index in [1.54, 1.807) is 24.3 Å². The van der Waals surface area contributed by atoms with Gasteiger partial charge in [-0.2, -0.15) is 0 Å². The van der Waals surface area contributed by atoms with Crippen molar-refractivity contribution in [3.8, 4) is 11.5 Å². The lowest BCUT2D eigenvalue weighted by atomic mass is 10.1. The largest absolute Gasteiger partial charge is 0.508 e. The minimum absolute atomic E-state index is 0.192. The van der Waals surface area contributed by atoms with E-state index in [9.17, 15) is 9.90 Å². The molecule has 33 heavy (non-hydrogen) atoms. The molecule has 0 aliphatic heterocycles. The second-order valence-electron chi connectivity index (χ2n) is 8.52. The summed E-state index contributed by atoms with van der Waals surface area (Å²) in [5, 5.41) is 12.0. The van der Waals surface area contributed by atoms with Crippen molar-refractivity contribution in [2.75, 3.05) is 19.8 Å². The Morgan fingerprint density at radius 1 is 0.848 bits per heavy atom. The van der Waals surface area contributed by atoms with Gasteiger partial charge in [-0.05, 0) is 37.1 Å². The zero-order valence-corrected chi connectivity index (χ0v) is 20.9. The molecule has 0 aromatic heterocycles. The second-order valence-corrected chi connectivity index (χ2v) is 8.52. The standard InChI is InChI=1S/C26H47N3O4/c1-3-5-6-7-8-9-10-11-12-13-14-15-21-33-25(4-2)28-29-26(31)27-20-22-32-24-18-16-23(30)17-19-24/h16-19,25,28,30H,3-15,20-22H2,1-2H3,(H2,27,29,31). The van der Waals surface area contributed by atoms with E-state index in [1.165, 1.54) is 70.6 Å². The van der Waals surface area contributed by atoms with Gasteiger partial charge in [-0.25, -0.2) is 10.2 Å². The maximum atomic E-state index is 11.9. The van der Waals surface area contributed by atoms with Gasteiger partial charge in [0.1, 0.15) is 24.3 Å². The number of hydrogen-bond donors (Lipinski definition) is 4. The summed E-state index contributed by atoms with van der Waals surface area (Å²) in [5.41, 5.74) is 5.55. The van der Waals surface area contributed by atoms with Crippen molar-refractivity contribution in [2.45, 2.75) is 104 Å². The fourth-order valence-electron chi connectivity index (χ4n) is 3.50. The summed E-state index contributed by atoms with van der Waals surface area (Å²) in [4.78, 5) is 11.9. The van der Waals surface area contributed by atoms with Crippen LogP contribution in [0.5, 0.6) is 11.5 Å². The number of hydrazine groups is 1. The molecule has 7 heteroatoms. The number of nitrogens with one attached hydrogen (secondary N) is 3. The molecule has 0 aliphatic rings. The fraction of sp³-hybridized carbons (Fsp3) is 0.731. The Bertz CT molecular complexity index is 583. The van der Waals surface area contributed by atoms with Gasteiger partial charge in [-0.15, -0.1) is 0 Å². The molecule has 2 amide bonds. The zero-order valence-electron chi connectivity index (χ0n) is 20.9. The van der Waals surface area contributed by atoms with Gasteiger partial charge in [0.15, 0.2) is 0 Å². The number of benzene rings is 1. The van der Waals surface area contributed by atoms with Gasteiger partial charge in [0, 0.05) is 6.61 Å². The van der Waals surface area contributed by atoms with Crippen molar-refractivity contribution in [1.82, 2.24) is 16.2 Å². The van der Waals surface area contributed by atoms with Crippen LogP contribution >= 0.6 is 0 Å². The first kappa shape index (κ1) is 29.0. The molecule has 4 N–H and O–H groups in total. The van der Waals surface area contributed by atoms with Crippen molar-refractivity contribution in [3.63, 3.8) is 0 Å². The molecule has 1 aromatic rings. The first-order chi connectivity index (χ1) is 16.2. The number of urea groups is 1. The Hall–Kier alpha value is -1.99. The quantitative estimate of drug-likeness (QED) is 0.101. The molecule has 0 bridgehead atoms. The minimum Gasteiger partial charge on any atom is -0.508 e. The predicted molar refractivity (Wildman–Crippen MR) is 134 cm³/mol.